The van der Waals surface area contributed by atoms with Gasteiger partial charge in [0, 0.05) is 0 Å². The molecule has 0 heterocycles. The minimum absolute atomic E-state index is 0.444. The van der Waals surface area contributed by atoms with Crippen molar-refractivity contribution in [3.63, 3.8) is 0 Å². The lowest BCUT2D eigenvalue weighted by Gasteiger charge is -1.76. The molecule has 0 unspecified atom stereocenters. The highest BCUT2D eigenvalue weighted by molar-refractivity contribution is 4.69. The first-order chi connectivity index (χ1) is 4.33. The van der Waals surface area contributed by atoms with E-state index in [9.17, 15) is 0 Å². The second-order valence-electron chi connectivity index (χ2n) is 1.40. The maximum absolute atomic E-state index is 7.75. The molecule has 0 bridgehead atoms. The van der Waals surface area contributed by atoms with E-state index in [1.54, 1.807) is 7.05 Å². The number of hydrogen-bond donors (Lipinski definition) is 2. The van der Waals surface area contributed by atoms with Gasteiger partial charge in [-0.05, 0) is 20.6 Å². The molecule has 0 aliphatic carbocycles. The van der Waals surface area contributed by atoms with E-state index in [-0.39, 0.29) is 0 Å². The average molecular weight is 129 g/mol. The minimum Gasteiger partial charge on any atom is -0.320 e. The molecule has 0 saturated carbocycles. The highest BCUT2D eigenvalue weighted by Crippen LogP contribution is 1.38. The van der Waals surface area contributed by atoms with Crippen LogP contribution >= 0.6 is 0 Å². The summed E-state index contributed by atoms with van der Waals surface area (Å²) >= 11 is 0. The van der Waals surface area contributed by atoms with Gasteiger partial charge >= 0.3 is 0 Å². The Labute approximate surface area is 57.1 Å². The summed E-state index contributed by atoms with van der Waals surface area (Å²) in [5.74, 6) is 0. The number of rotatable bonds is 2. The molecule has 0 aromatic heterocycles. The van der Waals surface area contributed by atoms with Gasteiger partial charge in [-0.3, -0.25) is 0 Å². The zero-order chi connectivity index (χ0) is 7.54. The van der Waals surface area contributed by atoms with E-state index in [1.807, 2.05) is 13.1 Å². The van der Waals surface area contributed by atoms with Crippen molar-refractivity contribution in [1.82, 2.24) is 10.6 Å². The smallest absolute Gasteiger partial charge is 0.0838 e. The van der Waals surface area contributed by atoms with Crippen molar-refractivity contribution in [1.29, 1.82) is 5.26 Å². The van der Waals surface area contributed by atoms with Crippen LogP contribution in [0.1, 0.15) is 6.92 Å². The summed E-state index contributed by atoms with van der Waals surface area (Å²) in [6.45, 7) is 3.58. The van der Waals surface area contributed by atoms with Gasteiger partial charge < -0.3 is 10.6 Å². The van der Waals surface area contributed by atoms with Crippen molar-refractivity contribution in [3.8, 4) is 6.07 Å². The molecule has 0 spiro atoms. The first kappa shape index (κ1) is 11.2. The molecular formula is C6H15N3. The Morgan fingerprint density at radius 2 is 1.78 bits per heavy atom. The van der Waals surface area contributed by atoms with Crippen LogP contribution in [0.25, 0.3) is 0 Å². The van der Waals surface area contributed by atoms with Crippen LogP contribution in [0, 0.1) is 11.3 Å². The highest BCUT2D eigenvalue weighted by atomic mass is 14.8. The molecule has 3 heteroatoms. The Kier molecular flexibility index (Phi) is 19.5. The zero-order valence-electron chi connectivity index (χ0n) is 6.36. The molecule has 0 radical (unpaired) electrons. The summed E-state index contributed by atoms with van der Waals surface area (Å²) in [4.78, 5) is 0. The average Bonchev–Trinajstić information content (AvgIpc) is 1.91. The molecule has 9 heavy (non-hydrogen) atoms. The van der Waals surface area contributed by atoms with Gasteiger partial charge in [0.15, 0.2) is 0 Å². The first-order valence-electron chi connectivity index (χ1n) is 2.99. The molecule has 0 aromatic rings. The van der Waals surface area contributed by atoms with Gasteiger partial charge in [-0.15, -0.1) is 0 Å². The monoisotopic (exact) mass is 129 g/mol. The summed E-state index contributed by atoms with van der Waals surface area (Å²) < 4.78 is 0. The van der Waals surface area contributed by atoms with Gasteiger partial charge in [-0.1, -0.05) is 6.92 Å². The maximum atomic E-state index is 7.75. The lowest BCUT2D eigenvalue weighted by molar-refractivity contribution is 0.864. The molecular weight excluding hydrogens is 114 g/mol. The Morgan fingerprint density at radius 3 is 1.78 bits per heavy atom. The number of nitriles is 1. The summed E-state index contributed by atoms with van der Waals surface area (Å²) in [6.07, 6.45) is 0. The fraction of sp³-hybridized carbons (Fsp3) is 0.833. The summed E-state index contributed by atoms with van der Waals surface area (Å²) in [5.41, 5.74) is 0. The van der Waals surface area contributed by atoms with Crippen LogP contribution in [0.5, 0.6) is 0 Å². The van der Waals surface area contributed by atoms with Crippen molar-refractivity contribution < 1.29 is 0 Å². The molecule has 0 atom stereocenters. The quantitative estimate of drug-likeness (QED) is 0.514. The standard InChI is InChI=1S/C3H6N2.C3H9N/c1-5-3-2-4;1-3-4-2/h5H,3H2,1H3;4H,3H2,1-2H3. The Bertz CT molecular complexity index is 63.2. The van der Waals surface area contributed by atoms with Gasteiger partial charge in [0.2, 0.25) is 0 Å². The summed E-state index contributed by atoms with van der Waals surface area (Å²) in [5, 5.41) is 13.3. The molecule has 0 aliphatic rings. The van der Waals surface area contributed by atoms with Crippen molar-refractivity contribution in [3.05, 3.63) is 0 Å². The summed E-state index contributed by atoms with van der Waals surface area (Å²) in [6, 6.07) is 1.91. The van der Waals surface area contributed by atoms with Crippen LogP contribution in [0.3, 0.4) is 0 Å². The topological polar surface area (TPSA) is 47.8 Å². The van der Waals surface area contributed by atoms with Gasteiger partial charge in [0.05, 0.1) is 12.6 Å². The van der Waals surface area contributed by atoms with Crippen molar-refractivity contribution in [2.24, 2.45) is 0 Å². The van der Waals surface area contributed by atoms with Crippen LogP contribution < -0.4 is 10.6 Å². The normalized spacial score (nSPS) is 6.89. The van der Waals surface area contributed by atoms with Crippen molar-refractivity contribution in [2.75, 3.05) is 27.2 Å². The lowest BCUT2D eigenvalue weighted by Crippen LogP contribution is -2.03. The Hall–Kier alpha value is -0.590. The van der Waals surface area contributed by atoms with E-state index in [2.05, 4.69) is 17.6 Å². The molecule has 0 aromatic carbocycles. The van der Waals surface area contributed by atoms with Crippen LogP contribution in [-0.2, 0) is 0 Å². The van der Waals surface area contributed by atoms with Crippen LogP contribution in [0.4, 0.5) is 0 Å². The van der Waals surface area contributed by atoms with Crippen LogP contribution in [-0.4, -0.2) is 27.2 Å². The van der Waals surface area contributed by atoms with Crippen molar-refractivity contribution >= 4 is 0 Å². The van der Waals surface area contributed by atoms with E-state index in [1.165, 1.54) is 0 Å². The largest absolute Gasteiger partial charge is 0.320 e. The predicted molar refractivity (Wildman–Crippen MR) is 39.1 cm³/mol. The SMILES string of the molecule is CCNC.CNCC#N. The fourth-order valence-electron chi connectivity index (χ4n) is 0.0791. The molecule has 0 rings (SSSR count). The van der Waals surface area contributed by atoms with Crippen LogP contribution in [0.15, 0.2) is 0 Å². The van der Waals surface area contributed by atoms with E-state index >= 15 is 0 Å². The van der Waals surface area contributed by atoms with Gasteiger partial charge in [-0.25, -0.2) is 0 Å². The minimum atomic E-state index is 0.444. The molecule has 0 amide bonds. The third kappa shape index (κ3) is 37.3. The third-order valence-electron chi connectivity index (χ3n) is 0.609. The number of hydrogen-bond acceptors (Lipinski definition) is 3. The highest BCUT2D eigenvalue weighted by Gasteiger charge is 1.60. The summed E-state index contributed by atoms with van der Waals surface area (Å²) in [7, 11) is 3.67. The molecule has 0 aliphatic heterocycles. The third-order valence-corrected chi connectivity index (χ3v) is 0.609. The lowest BCUT2D eigenvalue weighted by atomic mass is 10.7. The molecule has 2 N–H and O–H groups in total. The van der Waals surface area contributed by atoms with Crippen LogP contribution in [0.2, 0.25) is 0 Å². The maximum Gasteiger partial charge on any atom is 0.0838 e. The second kappa shape index (κ2) is 15.7. The van der Waals surface area contributed by atoms with Gasteiger partial charge in [0.1, 0.15) is 0 Å². The van der Waals surface area contributed by atoms with E-state index in [4.69, 9.17) is 5.26 Å². The fourth-order valence-corrected chi connectivity index (χ4v) is 0.0791. The van der Waals surface area contributed by atoms with Gasteiger partial charge in [0.25, 0.3) is 0 Å². The van der Waals surface area contributed by atoms with Crippen molar-refractivity contribution in [2.45, 2.75) is 6.92 Å². The van der Waals surface area contributed by atoms with E-state index < -0.39 is 0 Å². The van der Waals surface area contributed by atoms with E-state index in [0.717, 1.165) is 6.54 Å². The number of nitrogens with zero attached hydrogens (tertiary/aromatic N) is 1. The number of nitrogens with one attached hydrogen (secondary N) is 2. The molecule has 0 fully saturated rings. The zero-order valence-corrected chi connectivity index (χ0v) is 6.36. The second-order valence-corrected chi connectivity index (χ2v) is 1.40. The molecule has 54 valence electrons. The van der Waals surface area contributed by atoms with E-state index in [0.29, 0.717) is 6.54 Å². The Morgan fingerprint density at radius 1 is 1.33 bits per heavy atom. The Balaban J connectivity index is 0. The molecule has 3 nitrogen and oxygen atoms in total. The predicted octanol–water partition coefficient (Wildman–Crippen LogP) is -0.0449. The van der Waals surface area contributed by atoms with Gasteiger partial charge in [-0.2, -0.15) is 5.26 Å². The first-order valence-corrected chi connectivity index (χ1v) is 2.99. The molecule has 0 saturated heterocycles.